The van der Waals surface area contributed by atoms with Gasteiger partial charge in [-0.1, -0.05) is 91.0 Å². The second kappa shape index (κ2) is 11.1. The van der Waals surface area contributed by atoms with Crippen LogP contribution in [0.2, 0.25) is 0 Å². The van der Waals surface area contributed by atoms with Gasteiger partial charge in [0.1, 0.15) is 17.2 Å². The number of ether oxygens (including phenoxy) is 1. The van der Waals surface area contributed by atoms with Crippen LogP contribution in [0.5, 0.6) is 5.75 Å². The molecular formula is C35H24N2O8. The molecule has 0 aromatic heterocycles. The van der Waals surface area contributed by atoms with Gasteiger partial charge in [0.05, 0.1) is 23.9 Å². The molecule has 2 aliphatic heterocycles. The van der Waals surface area contributed by atoms with Crippen LogP contribution in [0.4, 0.5) is 11.4 Å². The van der Waals surface area contributed by atoms with Crippen LogP contribution in [0, 0.1) is 0 Å². The van der Waals surface area contributed by atoms with Gasteiger partial charge in [-0.15, -0.1) is 0 Å². The Labute approximate surface area is 256 Å². The smallest absolute Gasteiger partial charge is 0.355 e. The van der Waals surface area contributed by atoms with Crippen LogP contribution in [-0.2, 0) is 23.9 Å². The zero-order valence-corrected chi connectivity index (χ0v) is 23.7. The van der Waals surface area contributed by atoms with E-state index in [1.165, 1.54) is 60.7 Å². The Morgan fingerprint density at radius 2 is 1.27 bits per heavy atom. The maximum atomic E-state index is 15.2. The van der Waals surface area contributed by atoms with Gasteiger partial charge in [-0.3, -0.25) is 29.0 Å². The second-order valence-corrected chi connectivity index (χ2v) is 10.1. The van der Waals surface area contributed by atoms with E-state index in [1.54, 1.807) is 54.6 Å². The largest absolute Gasteiger partial charge is 0.507 e. The van der Waals surface area contributed by atoms with Crippen LogP contribution in [0.1, 0.15) is 15.9 Å². The van der Waals surface area contributed by atoms with Crippen molar-refractivity contribution in [3.8, 4) is 5.75 Å². The number of nitrogens with zero attached hydrogens (tertiary/aromatic N) is 2. The number of Topliss-reactive ketones (excluding diaryl/α,β-unsaturated/α-hetero) is 2. The van der Waals surface area contributed by atoms with Gasteiger partial charge in [0, 0.05) is 16.8 Å². The van der Waals surface area contributed by atoms with E-state index in [-0.39, 0.29) is 22.5 Å². The lowest BCUT2D eigenvalue weighted by Crippen LogP contribution is -2.56. The Morgan fingerprint density at radius 3 is 1.84 bits per heavy atom. The van der Waals surface area contributed by atoms with Crippen LogP contribution >= 0.6 is 0 Å². The van der Waals surface area contributed by atoms with Crippen molar-refractivity contribution in [2.24, 2.45) is 0 Å². The highest BCUT2D eigenvalue weighted by molar-refractivity contribution is 6.57. The zero-order chi connectivity index (χ0) is 31.9. The molecule has 0 bridgehead atoms. The number of benzene rings is 4. The summed E-state index contributed by atoms with van der Waals surface area (Å²) in [5, 5.41) is 22.8. The van der Waals surface area contributed by atoms with Crippen LogP contribution < -0.4 is 9.80 Å². The van der Waals surface area contributed by atoms with Gasteiger partial charge < -0.3 is 14.9 Å². The minimum atomic E-state index is -2.76. The maximum Gasteiger partial charge on any atom is 0.355 e. The number of aliphatic hydroxyl groups is 1. The van der Waals surface area contributed by atoms with Crippen molar-refractivity contribution in [2.45, 2.75) is 5.54 Å². The minimum Gasteiger partial charge on any atom is -0.507 e. The summed E-state index contributed by atoms with van der Waals surface area (Å²) in [5.41, 5.74) is -4.83. The number of para-hydroxylation sites is 3. The van der Waals surface area contributed by atoms with Crippen LogP contribution in [0.3, 0.4) is 0 Å². The Hall–Kier alpha value is -6.29. The second-order valence-electron chi connectivity index (χ2n) is 10.1. The molecule has 2 amide bonds. The van der Waals surface area contributed by atoms with E-state index in [2.05, 4.69) is 0 Å². The molecule has 0 aliphatic carbocycles. The Balaban J connectivity index is 1.84. The van der Waals surface area contributed by atoms with Crippen LogP contribution in [0.25, 0.3) is 5.76 Å². The van der Waals surface area contributed by atoms with E-state index in [9.17, 15) is 29.4 Å². The molecule has 2 heterocycles. The van der Waals surface area contributed by atoms with E-state index in [4.69, 9.17) is 4.74 Å². The van der Waals surface area contributed by atoms with Crippen molar-refractivity contribution in [3.63, 3.8) is 0 Å². The topological polar surface area (TPSA) is 142 Å². The number of methoxy groups -OCH3 is 1. The van der Waals surface area contributed by atoms with E-state index in [1.807, 2.05) is 0 Å². The summed E-state index contributed by atoms with van der Waals surface area (Å²) in [5.74, 6) is -7.03. The van der Waals surface area contributed by atoms with Crippen molar-refractivity contribution < 1.29 is 38.9 Å². The summed E-state index contributed by atoms with van der Waals surface area (Å²) >= 11 is 0. The number of aromatic hydroxyl groups is 1. The average molecular weight is 601 g/mol. The van der Waals surface area contributed by atoms with Gasteiger partial charge in [0.2, 0.25) is 0 Å². The molecule has 1 atom stereocenters. The first-order valence-electron chi connectivity index (χ1n) is 13.7. The number of carbonyl (C=O) groups is 5. The molecule has 1 spiro atoms. The first-order chi connectivity index (χ1) is 21.7. The highest BCUT2D eigenvalue weighted by Gasteiger charge is 2.71. The fourth-order valence-electron chi connectivity index (χ4n) is 5.81. The SMILES string of the molecule is COC(=O)C1=C(C(=O)c2ccccc2)C2(C(=O)N1c1ccccc1)/C(=C(\O)c1ccccc1)C(=O)C(=O)N2c1ccccc1O. The molecule has 0 radical (unpaired) electrons. The predicted molar refractivity (Wildman–Crippen MR) is 163 cm³/mol. The number of amides is 2. The molecule has 2 aliphatic rings. The summed E-state index contributed by atoms with van der Waals surface area (Å²) in [6, 6.07) is 28.6. The minimum absolute atomic E-state index is 0.0126. The highest BCUT2D eigenvalue weighted by atomic mass is 16.5. The monoisotopic (exact) mass is 600 g/mol. The number of phenolic OH excluding ortho intramolecular Hbond substituents is 1. The third-order valence-corrected chi connectivity index (χ3v) is 7.72. The first kappa shape index (κ1) is 28.8. The molecule has 4 aromatic rings. The molecule has 6 rings (SSSR count). The van der Waals surface area contributed by atoms with Gasteiger partial charge in [0.25, 0.3) is 11.7 Å². The maximum absolute atomic E-state index is 15.2. The first-order valence-corrected chi connectivity index (χ1v) is 13.7. The normalized spacial score (nSPS) is 19.0. The number of phenols is 1. The number of carbonyl (C=O) groups excluding carboxylic acids is 5. The number of hydrogen-bond acceptors (Lipinski definition) is 8. The average Bonchev–Trinajstić information content (AvgIpc) is 3.47. The van der Waals surface area contributed by atoms with Crippen molar-refractivity contribution in [1.29, 1.82) is 0 Å². The lowest BCUT2D eigenvalue weighted by molar-refractivity contribution is -0.136. The van der Waals surface area contributed by atoms with Gasteiger partial charge >= 0.3 is 11.9 Å². The molecule has 222 valence electrons. The standard InChI is InChI=1S/C35H24N2O8/c1-45-33(43)28-26(29(39)21-13-5-2-6-14-21)35(34(44)36(28)23-17-9-4-10-18-23)27(30(40)22-15-7-3-8-16-22)31(41)32(42)37(35)24-19-11-12-20-25(24)38/h2-20,38,40H,1H3/b30-27-. The summed E-state index contributed by atoms with van der Waals surface area (Å²) < 4.78 is 5.09. The third kappa shape index (κ3) is 4.22. The van der Waals surface area contributed by atoms with E-state index >= 15 is 4.79 Å². The Bertz CT molecular complexity index is 1950. The van der Waals surface area contributed by atoms with Gasteiger partial charge in [-0.05, 0) is 24.3 Å². The van der Waals surface area contributed by atoms with Crippen molar-refractivity contribution in [3.05, 3.63) is 143 Å². The summed E-state index contributed by atoms with van der Waals surface area (Å²) in [6.45, 7) is 0. The zero-order valence-electron chi connectivity index (χ0n) is 23.7. The molecule has 0 saturated carbocycles. The number of ketones is 2. The third-order valence-electron chi connectivity index (χ3n) is 7.72. The molecule has 1 saturated heterocycles. The van der Waals surface area contributed by atoms with E-state index in [0.29, 0.717) is 4.90 Å². The van der Waals surface area contributed by atoms with Gasteiger partial charge in [-0.2, -0.15) is 0 Å². The molecule has 4 aromatic carbocycles. The lowest BCUT2D eigenvalue weighted by atomic mass is 9.77. The van der Waals surface area contributed by atoms with Gasteiger partial charge in [-0.25, -0.2) is 4.79 Å². The number of aliphatic hydroxyl groups excluding tert-OH is 1. The number of anilines is 2. The Morgan fingerprint density at radius 1 is 0.733 bits per heavy atom. The highest BCUT2D eigenvalue weighted by Crippen LogP contribution is 2.54. The van der Waals surface area contributed by atoms with Crippen LogP contribution in [0.15, 0.2) is 132 Å². The van der Waals surface area contributed by atoms with Crippen LogP contribution in [-0.4, -0.2) is 52.2 Å². The molecule has 10 heteroatoms. The van der Waals surface area contributed by atoms with Crippen molar-refractivity contribution in [1.82, 2.24) is 0 Å². The van der Waals surface area contributed by atoms with Gasteiger partial charge in [0.15, 0.2) is 11.3 Å². The number of rotatable bonds is 6. The van der Waals surface area contributed by atoms with Crippen molar-refractivity contribution in [2.75, 3.05) is 16.9 Å². The molecule has 10 nitrogen and oxygen atoms in total. The summed E-state index contributed by atoms with van der Waals surface area (Å²) in [6.07, 6.45) is 0. The molecule has 1 fully saturated rings. The summed E-state index contributed by atoms with van der Waals surface area (Å²) in [7, 11) is 1.06. The molecule has 1 unspecified atom stereocenters. The summed E-state index contributed by atoms with van der Waals surface area (Å²) in [4.78, 5) is 73.4. The number of hydrogen-bond donors (Lipinski definition) is 2. The van der Waals surface area contributed by atoms with E-state index in [0.717, 1.165) is 12.0 Å². The molecule has 45 heavy (non-hydrogen) atoms. The Kier molecular flexibility index (Phi) is 7.10. The van der Waals surface area contributed by atoms with E-state index < -0.39 is 63.2 Å². The predicted octanol–water partition coefficient (Wildman–Crippen LogP) is 4.37. The molecule has 2 N–H and O–H groups in total. The fourth-order valence-corrected chi connectivity index (χ4v) is 5.81. The van der Waals surface area contributed by atoms with Crippen molar-refractivity contribution >= 4 is 46.5 Å². The number of esters is 1. The molecular weight excluding hydrogens is 576 g/mol. The fraction of sp³-hybridized carbons (Fsp3) is 0.0571. The lowest BCUT2D eigenvalue weighted by Gasteiger charge is -2.35. The quantitative estimate of drug-likeness (QED) is 0.109.